The van der Waals surface area contributed by atoms with Gasteiger partial charge in [-0.1, -0.05) is 238 Å². The van der Waals surface area contributed by atoms with Gasteiger partial charge in [-0.2, -0.15) is 0 Å². The Labute approximate surface area is 359 Å². The topological polar surface area (TPSA) is 81.2 Å². The van der Waals surface area contributed by atoms with Gasteiger partial charge in [0.15, 0.2) is 0 Å². The molecule has 0 aromatic rings. The number of carboxylic acid groups (broad SMARTS) is 1. The van der Waals surface area contributed by atoms with Gasteiger partial charge >= 0.3 is 6.09 Å². The summed E-state index contributed by atoms with van der Waals surface area (Å²) in [5.74, 6) is -0.141. The number of hydrogen-bond acceptors (Lipinski definition) is 3. The first-order valence-corrected chi connectivity index (χ1v) is 26.1. The van der Waals surface area contributed by atoms with Gasteiger partial charge < -0.3 is 14.9 Å². The molecule has 0 radical (unpaired) electrons. The van der Waals surface area contributed by atoms with E-state index in [2.05, 4.69) is 0 Å². The van der Waals surface area contributed by atoms with Crippen LogP contribution in [0.15, 0.2) is 0 Å². The second-order valence-electron chi connectivity index (χ2n) is 19.2. The summed E-state index contributed by atoms with van der Waals surface area (Å²) in [6.07, 6.45) is 52.0. The van der Waals surface area contributed by atoms with Gasteiger partial charge in [0.05, 0.1) is 6.04 Å². The van der Waals surface area contributed by atoms with E-state index in [0.717, 1.165) is 64.5 Å². The minimum Gasteiger partial charge on any atom is -0.465 e. The average molecular weight is 814 g/mol. The fourth-order valence-electron chi connectivity index (χ4n) is 10.5. The molecule has 338 valence electrons. The van der Waals surface area contributed by atoms with Crippen molar-refractivity contribution in [1.29, 1.82) is 0 Å². The van der Waals surface area contributed by atoms with Crippen molar-refractivity contribution in [3.05, 3.63) is 0 Å². The number of nitrogens with zero attached hydrogens (tertiary/aromatic N) is 3. The van der Waals surface area contributed by atoms with Crippen molar-refractivity contribution < 1.29 is 19.5 Å². The Morgan fingerprint density at radius 1 is 0.448 bits per heavy atom. The van der Waals surface area contributed by atoms with Crippen molar-refractivity contribution in [2.24, 2.45) is 0 Å². The molecule has 7 heteroatoms. The molecular weight excluding hydrogens is 719 g/mol. The van der Waals surface area contributed by atoms with Gasteiger partial charge in [0.2, 0.25) is 5.91 Å². The minimum atomic E-state index is -1.04. The Morgan fingerprint density at radius 3 is 0.983 bits per heavy atom. The zero-order chi connectivity index (χ0) is 41.4. The van der Waals surface area contributed by atoms with Crippen LogP contribution in [0.25, 0.3) is 0 Å². The summed E-state index contributed by atoms with van der Waals surface area (Å²) in [5.41, 5.74) is -1.04. The van der Waals surface area contributed by atoms with Crippen molar-refractivity contribution in [1.82, 2.24) is 14.7 Å². The molecule has 1 spiro atoms. The van der Waals surface area contributed by atoms with Crippen LogP contribution in [0, 0.1) is 0 Å². The van der Waals surface area contributed by atoms with Gasteiger partial charge in [-0.25, -0.2) is 4.79 Å². The highest BCUT2D eigenvalue weighted by molar-refractivity contribution is 5.99. The Balaban J connectivity index is 1.41. The predicted molar refractivity (Wildman–Crippen MR) is 245 cm³/mol. The third kappa shape index (κ3) is 20.2. The first kappa shape index (κ1) is 50.6. The van der Waals surface area contributed by atoms with Gasteiger partial charge in [0.25, 0.3) is 5.91 Å². The molecule has 0 aliphatic carbocycles. The maximum absolute atomic E-state index is 14.0. The molecule has 0 aromatic carbocycles. The summed E-state index contributed by atoms with van der Waals surface area (Å²) in [4.78, 5) is 45.0. The minimum absolute atomic E-state index is 0.00602. The Hall–Kier alpha value is -1.79. The van der Waals surface area contributed by atoms with E-state index in [1.54, 1.807) is 4.90 Å². The molecule has 7 nitrogen and oxygen atoms in total. The zero-order valence-corrected chi connectivity index (χ0v) is 38.4. The lowest BCUT2D eigenvalue weighted by Crippen LogP contribution is -2.80. The molecular formula is C51H95N3O4. The molecule has 3 amide bonds. The van der Waals surface area contributed by atoms with E-state index >= 15 is 0 Å². The summed E-state index contributed by atoms with van der Waals surface area (Å²) in [5, 5.41) is 10.5. The standard InChI is InChI=1S/C51H95N3O4/c1-47-51(49(56)53(47)46-48(55)52-43-40-41-44-52)42-38-36-34-32-30-28-26-24-22-20-18-16-14-12-10-8-6-4-2-3-5-7-9-11-13-15-17-19-21-23-25-27-29-31-33-35-37-39-45-54(51)50(57)58/h47H,2-46H2,1H3,(H,57,58). The third-order valence-corrected chi connectivity index (χ3v) is 14.5. The first-order chi connectivity index (χ1) is 28.5. The van der Waals surface area contributed by atoms with E-state index in [4.69, 9.17) is 0 Å². The van der Waals surface area contributed by atoms with E-state index in [1.165, 1.54) is 210 Å². The van der Waals surface area contributed by atoms with E-state index < -0.39 is 11.6 Å². The summed E-state index contributed by atoms with van der Waals surface area (Å²) in [6.45, 7) is 4.00. The second kappa shape index (κ2) is 32.9. The lowest BCUT2D eigenvalue weighted by atomic mass is 9.74. The maximum atomic E-state index is 14.0. The molecule has 0 bridgehead atoms. The molecule has 3 heterocycles. The van der Waals surface area contributed by atoms with Crippen LogP contribution < -0.4 is 0 Å². The van der Waals surface area contributed by atoms with Crippen molar-refractivity contribution in [2.45, 2.75) is 282 Å². The summed E-state index contributed by atoms with van der Waals surface area (Å²) in [6, 6.07) is -0.286. The number of rotatable bonds is 2. The highest BCUT2D eigenvalue weighted by Crippen LogP contribution is 2.41. The van der Waals surface area contributed by atoms with Crippen LogP contribution in [-0.4, -0.2) is 75.5 Å². The largest absolute Gasteiger partial charge is 0.465 e. The van der Waals surface area contributed by atoms with E-state index in [1.807, 2.05) is 11.8 Å². The molecule has 3 rings (SSSR count). The molecule has 3 aliphatic heterocycles. The van der Waals surface area contributed by atoms with Gasteiger partial charge in [0.1, 0.15) is 12.1 Å². The van der Waals surface area contributed by atoms with Crippen LogP contribution in [-0.2, 0) is 9.59 Å². The van der Waals surface area contributed by atoms with Gasteiger partial charge in [-0.3, -0.25) is 14.5 Å². The molecule has 3 aliphatic rings. The fourth-order valence-corrected chi connectivity index (χ4v) is 10.5. The quantitative estimate of drug-likeness (QED) is 0.282. The zero-order valence-electron chi connectivity index (χ0n) is 38.4. The Kier molecular flexibility index (Phi) is 28.7. The third-order valence-electron chi connectivity index (χ3n) is 14.5. The Bertz CT molecular complexity index is 1050. The highest BCUT2D eigenvalue weighted by Gasteiger charge is 2.63. The van der Waals surface area contributed by atoms with Crippen LogP contribution in [0.2, 0.25) is 0 Å². The maximum Gasteiger partial charge on any atom is 0.408 e. The van der Waals surface area contributed by atoms with Crippen LogP contribution in [0.1, 0.15) is 270 Å². The number of carbonyl (C=O) groups excluding carboxylic acids is 2. The van der Waals surface area contributed by atoms with E-state index in [-0.39, 0.29) is 24.4 Å². The average Bonchev–Trinajstić information content (AvgIpc) is 3.77. The van der Waals surface area contributed by atoms with Crippen LogP contribution in [0.5, 0.6) is 0 Å². The first-order valence-electron chi connectivity index (χ1n) is 26.1. The lowest BCUT2D eigenvalue weighted by molar-refractivity contribution is -0.177. The number of likely N-dealkylation sites (tertiary alicyclic amines) is 2. The summed E-state index contributed by atoms with van der Waals surface area (Å²) < 4.78 is 0. The number of hydrogen-bond donors (Lipinski definition) is 1. The smallest absolute Gasteiger partial charge is 0.408 e. The fraction of sp³-hybridized carbons (Fsp3) is 0.941. The van der Waals surface area contributed by atoms with Crippen LogP contribution in [0.3, 0.4) is 0 Å². The van der Waals surface area contributed by atoms with Crippen molar-refractivity contribution in [2.75, 3.05) is 26.2 Å². The van der Waals surface area contributed by atoms with E-state index in [9.17, 15) is 19.5 Å². The van der Waals surface area contributed by atoms with Crippen molar-refractivity contribution >= 4 is 17.9 Å². The molecule has 0 saturated carbocycles. The molecule has 2 atom stereocenters. The van der Waals surface area contributed by atoms with Crippen molar-refractivity contribution in [3.8, 4) is 0 Å². The van der Waals surface area contributed by atoms with Crippen LogP contribution >= 0.6 is 0 Å². The predicted octanol–water partition coefficient (Wildman–Crippen LogP) is 14.8. The summed E-state index contributed by atoms with van der Waals surface area (Å²) >= 11 is 0. The molecule has 58 heavy (non-hydrogen) atoms. The number of β-lactam (4-membered cyclic amide) rings is 1. The molecule has 3 saturated heterocycles. The van der Waals surface area contributed by atoms with E-state index in [0.29, 0.717) is 13.0 Å². The molecule has 3 fully saturated rings. The molecule has 1 N–H and O–H groups in total. The lowest BCUT2D eigenvalue weighted by Gasteiger charge is -2.58. The number of amides is 3. The Morgan fingerprint density at radius 2 is 0.707 bits per heavy atom. The monoisotopic (exact) mass is 814 g/mol. The van der Waals surface area contributed by atoms with Crippen LogP contribution in [0.4, 0.5) is 4.79 Å². The SMILES string of the molecule is CC1N(CC(=O)N2CCCC2)C(=O)C12CCCCCCCCCCCCCCCCCCCCCCCCCCCCCCCCCCCCCCCCN2C(=O)O. The normalized spacial score (nSPS) is 26.9. The van der Waals surface area contributed by atoms with Gasteiger partial charge in [-0.05, 0) is 32.6 Å². The number of carbonyl (C=O) groups is 3. The summed E-state index contributed by atoms with van der Waals surface area (Å²) in [7, 11) is 0. The van der Waals surface area contributed by atoms with Gasteiger partial charge in [-0.15, -0.1) is 0 Å². The van der Waals surface area contributed by atoms with Crippen molar-refractivity contribution in [3.63, 3.8) is 0 Å². The van der Waals surface area contributed by atoms with Gasteiger partial charge in [0, 0.05) is 19.6 Å². The highest BCUT2D eigenvalue weighted by atomic mass is 16.4. The molecule has 0 aromatic heterocycles. The molecule has 2 unspecified atom stereocenters. The second-order valence-corrected chi connectivity index (χ2v) is 19.2.